The fourth-order valence-corrected chi connectivity index (χ4v) is 3.24. The fraction of sp³-hybridized carbons (Fsp3) is 0.579. The zero-order valence-corrected chi connectivity index (χ0v) is 15.6. The number of carbonyl (C=O) groups is 2. The van der Waals surface area contributed by atoms with E-state index < -0.39 is 12.1 Å². The van der Waals surface area contributed by atoms with Gasteiger partial charge in [0.1, 0.15) is 11.9 Å². The first-order chi connectivity index (χ1) is 12.4. The van der Waals surface area contributed by atoms with Gasteiger partial charge in [0.25, 0.3) is 0 Å². The van der Waals surface area contributed by atoms with Crippen molar-refractivity contribution < 1.29 is 33.9 Å². The molecular weight excluding hydrogens is 340 g/mol. The molecule has 0 bridgehead atoms. The van der Waals surface area contributed by atoms with E-state index in [1.54, 1.807) is 12.1 Å². The van der Waals surface area contributed by atoms with Crippen molar-refractivity contribution in [2.24, 2.45) is 17.8 Å². The van der Waals surface area contributed by atoms with Gasteiger partial charge in [-0.1, -0.05) is 27.2 Å². The van der Waals surface area contributed by atoms with E-state index in [1.807, 2.05) is 0 Å². The minimum Gasteiger partial charge on any atom is -0.497 e. The lowest BCUT2D eigenvalue weighted by Gasteiger charge is -2.36. The lowest BCUT2D eigenvalue weighted by Crippen LogP contribution is -2.36. The van der Waals surface area contributed by atoms with Crippen molar-refractivity contribution >= 4 is 12.1 Å². The van der Waals surface area contributed by atoms with E-state index in [4.69, 9.17) is 9.47 Å². The summed E-state index contributed by atoms with van der Waals surface area (Å²) in [6.45, 7) is 6.34. The average Bonchev–Trinajstić information content (AvgIpc) is 2.61. The predicted molar refractivity (Wildman–Crippen MR) is 92.2 cm³/mol. The molecule has 0 heterocycles. The molecule has 3 atom stereocenters. The molecule has 1 aliphatic carbocycles. The minimum atomic E-state index is -1.02. The van der Waals surface area contributed by atoms with E-state index in [-0.39, 0.29) is 17.6 Å². The van der Waals surface area contributed by atoms with Crippen LogP contribution in [0.1, 0.15) is 50.4 Å². The summed E-state index contributed by atoms with van der Waals surface area (Å²) in [4.78, 5) is 32.5. The zero-order chi connectivity index (χ0) is 19.1. The van der Waals surface area contributed by atoms with E-state index >= 15 is 0 Å². The summed E-state index contributed by atoms with van der Waals surface area (Å²) in [5.41, 5.74) is 0.226. The normalized spacial score (nSPS) is 22.6. The molecule has 1 fully saturated rings. The second-order valence-electron chi connectivity index (χ2n) is 6.98. The van der Waals surface area contributed by atoms with E-state index in [0.29, 0.717) is 17.6 Å². The number of benzene rings is 1. The molecule has 7 heteroatoms. The van der Waals surface area contributed by atoms with Crippen molar-refractivity contribution in [3.05, 3.63) is 29.8 Å². The maximum Gasteiger partial charge on any atom is 0.543 e. The monoisotopic (exact) mass is 366 g/mol. The standard InChI is InChI=1S/C19H26O7/c1-12(2)16-10-5-13(3)11-17(16)23-19(21)25-26-24-18(20)14-6-8-15(22-4)9-7-14/h6-9,12-13,16-17H,5,10-11H2,1-4H3. The third-order valence-corrected chi connectivity index (χ3v) is 4.75. The summed E-state index contributed by atoms with van der Waals surface area (Å²) in [6, 6.07) is 6.20. The highest BCUT2D eigenvalue weighted by Crippen LogP contribution is 2.35. The van der Waals surface area contributed by atoms with Gasteiger partial charge >= 0.3 is 12.1 Å². The maximum atomic E-state index is 11.8. The molecule has 0 amide bonds. The van der Waals surface area contributed by atoms with Gasteiger partial charge in [-0.15, -0.1) is 0 Å². The molecular formula is C19H26O7. The van der Waals surface area contributed by atoms with Crippen LogP contribution in [0.15, 0.2) is 24.3 Å². The molecule has 1 aliphatic rings. The summed E-state index contributed by atoms with van der Waals surface area (Å²) < 4.78 is 10.4. The second-order valence-corrected chi connectivity index (χ2v) is 6.98. The van der Waals surface area contributed by atoms with Crippen LogP contribution in [0.5, 0.6) is 5.75 Å². The van der Waals surface area contributed by atoms with E-state index in [9.17, 15) is 9.59 Å². The van der Waals surface area contributed by atoms with Crippen molar-refractivity contribution in [1.82, 2.24) is 0 Å². The molecule has 0 saturated heterocycles. The van der Waals surface area contributed by atoms with E-state index in [2.05, 4.69) is 35.6 Å². The summed E-state index contributed by atoms with van der Waals surface area (Å²) in [5.74, 6) is 0.960. The Bertz CT molecular complexity index is 596. The molecule has 2 rings (SSSR count). The van der Waals surface area contributed by atoms with Crippen LogP contribution in [-0.4, -0.2) is 25.3 Å². The molecule has 0 aliphatic heterocycles. The Kier molecular flexibility index (Phi) is 7.26. The SMILES string of the molecule is COc1ccc(C(=O)OOOC(=O)OC2CC(C)CCC2C(C)C)cc1. The third-order valence-electron chi connectivity index (χ3n) is 4.75. The van der Waals surface area contributed by atoms with Crippen molar-refractivity contribution in [2.45, 2.75) is 46.1 Å². The smallest absolute Gasteiger partial charge is 0.497 e. The summed E-state index contributed by atoms with van der Waals surface area (Å²) in [6.07, 6.45) is 1.66. The van der Waals surface area contributed by atoms with Crippen LogP contribution in [0.4, 0.5) is 4.79 Å². The Hall–Kier alpha value is -2.28. The van der Waals surface area contributed by atoms with Crippen LogP contribution in [0.25, 0.3) is 0 Å². The predicted octanol–water partition coefficient (Wildman–Crippen LogP) is 4.31. The third kappa shape index (κ3) is 5.62. The minimum absolute atomic E-state index is 0.226. The molecule has 7 nitrogen and oxygen atoms in total. The summed E-state index contributed by atoms with van der Waals surface area (Å²) >= 11 is 0. The first-order valence-electron chi connectivity index (χ1n) is 8.81. The van der Waals surface area contributed by atoms with Gasteiger partial charge in [0.2, 0.25) is 0 Å². The summed E-state index contributed by atoms with van der Waals surface area (Å²) in [5, 5.41) is 4.28. The lowest BCUT2D eigenvalue weighted by atomic mass is 9.75. The second kappa shape index (κ2) is 9.43. The van der Waals surface area contributed by atoms with Gasteiger partial charge in [0, 0.05) is 0 Å². The highest BCUT2D eigenvalue weighted by atomic mass is 17.5. The van der Waals surface area contributed by atoms with E-state index in [1.165, 1.54) is 19.2 Å². The van der Waals surface area contributed by atoms with Gasteiger partial charge in [0.05, 0.1) is 17.7 Å². The molecule has 0 aromatic heterocycles. The highest BCUT2D eigenvalue weighted by molar-refractivity contribution is 5.89. The summed E-state index contributed by atoms with van der Waals surface area (Å²) in [7, 11) is 1.52. The van der Waals surface area contributed by atoms with Gasteiger partial charge in [0.15, 0.2) is 0 Å². The number of methoxy groups -OCH3 is 1. The molecule has 3 unspecified atom stereocenters. The van der Waals surface area contributed by atoms with Crippen LogP contribution in [0, 0.1) is 17.8 Å². The zero-order valence-electron chi connectivity index (χ0n) is 15.6. The van der Waals surface area contributed by atoms with Gasteiger partial charge in [-0.25, -0.2) is 14.5 Å². The Labute approximate surface area is 153 Å². The van der Waals surface area contributed by atoms with E-state index in [0.717, 1.165) is 19.3 Å². The van der Waals surface area contributed by atoms with Gasteiger partial charge < -0.3 is 9.47 Å². The number of ether oxygens (including phenoxy) is 2. The van der Waals surface area contributed by atoms with Crippen molar-refractivity contribution in [3.8, 4) is 5.75 Å². The van der Waals surface area contributed by atoms with Crippen molar-refractivity contribution in [1.29, 1.82) is 0 Å². The van der Waals surface area contributed by atoms with Gasteiger partial charge in [-0.3, -0.25) is 4.89 Å². The van der Waals surface area contributed by atoms with Crippen LogP contribution >= 0.6 is 0 Å². The van der Waals surface area contributed by atoms with Gasteiger partial charge in [-0.2, -0.15) is 0 Å². The molecule has 0 radical (unpaired) electrons. The maximum absolute atomic E-state index is 11.8. The Balaban J connectivity index is 1.77. The van der Waals surface area contributed by atoms with Crippen molar-refractivity contribution in [2.75, 3.05) is 7.11 Å². The van der Waals surface area contributed by atoms with Crippen molar-refractivity contribution in [3.63, 3.8) is 0 Å². The van der Waals surface area contributed by atoms with Crippen LogP contribution < -0.4 is 4.74 Å². The lowest BCUT2D eigenvalue weighted by molar-refractivity contribution is -0.453. The van der Waals surface area contributed by atoms with Crippen LogP contribution in [0.3, 0.4) is 0 Å². The first kappa shape index (κ1) is 20.0. The number of hydrogen-bond donors (Lipinski definition) is 0. The number of rotatable bonds is 6. The van der Waals surface area contributed by atoms with Gasteiger partial charge in [-0.05, 0) is 54.9 Å². The molecule has 26 heavy (non-hydrogen) atoms. The number of hydrogen-bond acceptors (Lipinski definition) is 7. The Morgan fingerprint density at radius 2 is 1.77 bits per heavy atom. The highest BCUT2D eigenvalue weighted by Gasteiger charge is 2.34. The Morgan fingerprint density at radius 3 is 2.38 bits per heavy atom. The quantitative estimate of drug-likeness (QED) is 0.421. The number of carbonyl (C=O) groups excluding carboxylic acids is 2. The average molecular weight is 366 g/mol. The molecule has 1 aromatic rings. The topological polar surface area (TPSA) is 80.3 Å². The first-order valence-corrected chi connectivity index (χ1v) is 8.81. The molecule has 1 aromatic carbocycles. The largest absolute Gasteiger partial charge is 0.543 e. The van der Waals surface area contributed by atoms with Crippen LogP contribution in [0.2, 0.25) is 0 Å². The molecule has 144 valence electrons. The Morgan fingerprint density at radius 1 is 1.08 bits per heavy atom. The fourth-order valence-electron chi connectivity index (χ4n) is 3.24. The molecule has 0 spiro atoms. The molecule has 0 N–H and O–H groups in total. The van der Waals surface area contributed by atoms with Crippen LogP contribution in [-0.2, 0) is 19.6 Å². The molecule has 1 saturated carbocycles.